The molecule has 7 nitrogen and oxygen atoms in total. The van der Waals surface area contributed by atoms with Crippen molar-refractivity contribution in [3.05, 3.63) is 68.4 Å². The number of methoxy groups -OCH3 is 1. The molecule has 0 radical (unpaired) electrons. The molecule has 1 N–H and O–H groups in total. The highest BCUT2D eigenvalue weighted by molar-refractivity contribution is 9.10. The number of aromatic nitrogens is 1. The zero-order valence-corrected chi connectivity index (χ0v) is 27.1. The van der Waals surface area contributed by atoms with E-state index in [1.165, 1.54) is 18.2 Å². The highest BCUT2D eigenvalue weighted by atomic mass is 79.9. The quantitative estimate of drug-likeness (QED) is 0.242. The molecule has 0 bridgehead atoms. The molecule has 0 aliphatic carbocycles. The van der Waals surface area contributed by atoms with Gasteiger partial charge in [0.05, 0.1) is 17.2 Å². The van der Waals surface area contributed by atoms with E-state index in [0.717, 1.165) is 40.6 Å². The van der Waals surface area contributed by atoms with Gasteiger partial charge in [-0.1, -0.05) is 27.5 Å². The number of nitrogens with zero attached hydrogens (tertiary/aromatic N) is 2. The minimum Gasteiger partial charge on any atom is -0.460 e. The van der Waals surface area contributed by atoms with Gasteiger partial charge in [0.15, 0.2) is 0 Å². The molecule has 1 aliphatic rings. The standard InChI is InChI=1S/C32H38BrClFN3O4/c1-19-29(25-15-21(33)9-12-27(25)37-30(19)38-14-6-7-23(18-38)41-5)31(40)36-17-20(8-13-28(39)42-32(2,3)4)24-16-22(35)10-11-26(24)34/h9-12,15-16,20,23H,6-8,13-14,17-18H2,1-5H3,(H,36,40). The van der Waals surface area contributed by atoms with Gasteiger partial charge in [0.1, 0.15) is 17.2 Å². The molecule has 1 fully saturated rings. The Kier molecular flexibility index (Phi) is 10.5. The lowest BCUT2D eigenvalue weighted by Crippen LogP contribution is -2.40. The van der Waals surface area contributed by atoms with E-state index in [1.54, 1.807) is 27.9 Å². The van der Waals surface area contributed by atoms with Crippen LogP contribution in [0, 0.1) is 12.7 Å². The number of nitrogens with one attached hydrogen (secondary N) is 1. The minimum absolute atomic E-state index is 0.0919. The Bertz CT molecular complexity index is 1460. The van der Waals surface area contributed by atoms with E-state index in [1.807, 2.05) is 25.1 Å². The molecule has 0 saturated carbocycles. The second-order valence-corrected chi connectivity index (χ2v) is 13.1. The molecule has 1 amide bonds. The van der Waals surface area contributed by atoms with Crippen molar-refractivity contribution in [1.29, 1.82) is 0 Å². The summed E-state index contributed by atoms with van der Waals surface area (Å²) in [7, 11) is 1.72. The number of carbonyl (C=O) groups excluding carboxylic acids is 2. The van der Waals surface area contributed by atoms with Crippen molar-refractivity contribution in [3.63, 3.8) is 0 Å². The van der Waals surface area contributed by atoms with Crippen LogP contribution in [0.15, 0.2) is 40.9 Å². The van der Waals surface area contributed by atoms with Crippen LogP contribution in [0.1, 0.15) is 73.9 Å². The maximum Gasteiger partial charge on any atom is 0.306 e. The molecule has 2 aromatic carbocycles. The van der Waals surface area contributed by atoms with Gasteiger partial charge in [-0.15, -0.1) is 0 Å². The van der Waals surface area contributed by atoms with E-state index in [-0.39, 0.29) is 30.9 Å². The largest absolute Gasteiger partial charge is 0.460 e. The molecule has 2 heterocycles. The van der Waals surface area contributed by atoms with E-state index < -0.39 is 17.3 Å². The SMILES string of the molecule is COC1CCCN(c2nc3ccc(Br)cc3c(C(=O)NCC(CCC(=O)OC(C)(C)C)c3cc(F)ccc3Cl)c2C)C1. The number of amides is 1. The lowest BCUT2D eigenvalue weighted by Gasteiger charge is -2.34. The van der Waals surface area contributed by atoms with Crippen LogP contribution in [-0.4, -0.2) is 55.3 Å². The van der Waals surface area contributed by atoms with Crippen molar-refractivity contribution in [2.24, 2.45) is 0 Å². The fraction of sp³-hybridized carbons (Fsp3) is 0.469. The zero-order chi connectivity index (χ0) is 30.6. The number of rotatable bonds is 9. The summed E-state index contributed by atoms with van der Waals surface area (Å²) in [6, 6.07) is 9.83. The molecule has 1 aromatic heterocycles. The molecule has 2 unspecified atom stereocenters. The first-order valence-electron chi connectivity index (χ1n) is 14.2. The number of hydrogen-bond donors (Lipinski definition) is 1. The van der Waals surface area contributed by atoms with Crippen LogP contribution in [-0.2, 0) is 14.3 Å². The van der Waals surface area contributed by atoms with Gasteiger partial charge in [0.25, 0.3) is 5.91 Å². The third-order valence-corrected chi connectivity index (χ3v) is 8.26. The Morgan fingerprint density at radius 3 is 2.71 bits per heavy atom. The Labute approximate surface area is 260 Å². The van der Waals surface area contributed by atoms with Crippen molar-refractivity contribution < 1.29 is 23.5 Å². The highest BCUT2D eigenvalue weighted by Gasteiger charge is 2.27. The van der Waals surface area contributed by atoms with E-state index in [9.17, 15) is 14.0 Å². The van der Waals surface area contributed by atoms with Gasteiger partial charge in [-0.3, -0.25) is 9.59 Å². The number of esters is 1. The summed E-state index contributed by atoms with van der Waals surface area (Å²) >= 11 is 10.0. The van der Waals surface area contributed by atoms with Crippen molar-refractivity contribution in [3.8, 4) is 0 Å². The second-order valence-electron chi connectivity index (χ2n) is 11.7. The number of fused-ring (bicyclic) bond motifs is 1. The lowest BCUT2D eigenvalue weighted by atomic mass is 9.93. The van der Waals surface area contributed by atoms with Crippen molar-refractivity contribution >= 4 is 56.1 Å². The van der Waals surface area contributed by atoms with Gasteiger partial charge >= 0.3 is 5.97 Å². The molecule has 0 spiro atoms. The van der Waals surface area contributed by atoms with Gasteiger partial charge < -0.3 is 19.7 Å². The van der Waals surface area contributed by atoms with Crippen LogP contribution in [0.2, 0.25) is 5.02 Å². The second kappa shape index (κ2) is 13.7. The Hall–Kier alpha value is -2.75. The van der Waals surface area contributed by atoms with E-state index in [0.29, 0.717) is 34.6 Å². The average molecular weight is 663 g/mol. The third-order valence-electron chi connectivity index (χ3n) is 7.43. The van der Waals surface area contributed by atoms with Gasteiger partial charge in [0, 0.05) is 59.5 Å². The molecule has 3 aromatic rings. The predicted molar refractivity (Wildman–Crippen MR) is 168 cm³/mol. The molecule has 1 aliphatic heterocycles. The smallest absolute Gasteiger partial charge is 0.306 e. The molecular formula is C32H38BrClFN3O4. The zero-order valence-electron chi connectivity index (χ0n) is 24.7. The summed E-state index contributed by atoms with van der Waals surface area (Å²) < 4.78 is 26.2. The molecule has 10 heteroatoms. The van der Waals surface area contributed by atoms with Gasteiger partial charge in [-0.05, 0) is 88.9 Å². The summed E-state index contributed by atoms with van der Waals surface area (Å²) in [5.41, 5.74) is 1.90. The molecule has 226 valence electrons. The summed E-state index contributed by atoms with van der Waals surface area (Å²) in [6.07, 6.45) is 2.45. The van der Waals surface area contributed by atoms with Gasteiger partial charge in [0.2, 0.25) is 0 Å². The first kappa shape index (κ1) is 32.2. The number of benzene rings is 2. The molecular weight excluding hydrogens is 625 g/mol. The minimum atomic E-state index is -0.624. The van der Waals surface area contributed by atoms with E-state index in [2.05, 4.69) is 26.1 Å². The fourth-order valence-electron chi connectivity index (χ4n) is 5.43. The van der Waals surface area contributed by atoms with Crippen LogP contribution in [0.3, 0.4) is 0 Å². The Morgan fingerprint density at radius 2 is 2.00 bits per heavy atom. The van der Waals surface area contributed by atoms with Crippen molar-refractivity contribution in [1.82, 2.24) is 10.3 Å². The maximum absolute atomic E-state index is 14.3. The van der Waals surface area contributed by atoms with Crippen LogP contribution in [0.4, 0.5) is 10.2 Å². The molecule has 2 atom stereocenters. The number of hydrogen-bond acceptors (Lipinski definition) is 6. The Balaban J connectivity index is 1.65. The van der Waals surface area contributed by atoms with Crippen LogP contribution < -0.4 is 10.2 Å². The summed E-state index contributed by atoms with van der Waals surface area (Å²) in [6.45, 7) is 8.99. The number of pyridine rings is 1. The normalized spacial score (nSPS) is 16.4. The highest BCUT2D eigenvalue weighted by Crippen LogP contribution is 2.33. The van der Waals surface area contributed by atoms with Crippen LogP contribution in [0.25, 0.3) is 10.9 Å². The summed E-state index contributed by atoms with van der Waals surface area (Å²) in [5.74, 6) is -0.758. The number of ether oxygens (including phenoxy) is 2. The molecule has 42 heavy (non-hydrogen) atoms. The van der Waals surface area contributed by atoms with Gasteiger partial charge in [-0.2, -0.15) is 0 Å². The average Bonchev–Trinajstić information content (AvgIpc) is 2.93. The van der Waals surface area contributed by atoms with Crippen LogP contribution >= 0.6 is 27.5 Å². The first-order valence-corrected chi connectivity index (χ1v) is 15.4. The molecule has 1 saturated heterocycles. The number of anilines is 1. The van der Waals surface area contributed by atoms with Crippen molar-refractivity contribution in [2.45, 2.75) is 71.0 Å². The third kappa shape index (κ3) is 7.99. The van der Waals surface area contributed by atoms with E-state index >= 15 is 0 Å². The van der Waals surface area contributed by atoms with Crippen molar-refractivity contribution in [2.75, 3.05) is 31.6 Å². The lowest BCUT2D eigenvalue weighted by molar-refractivity contribution is -0.155. The fourth-order valence-corrected chi connectivity index (χ4v) is 6.06. The summed E-state index contributed by atoms with van der Waals surface area (Å²) in [4.78, 5) is 33.6. The molecule has 4 rings (SSSR count). The first-order chi connectivity index (χ1) is 19.9. The topological polar surface area (TPSA) is 80.8 Å². The Morgan fingerprint density at radius 1 is 1.24 bits per heavy atom. The van der Waals surface area contributed by atoms with Gasteiger partial charge in [-0.25, -0.2) is 9.37 Å². The number of carbonyl (C=O) groups is 2. The van der Waals surface area contributed by atoms with E-state index in [4.69, 9.17) is 26.1 Å². The monoisotopic (exact) mass is 661 g/mol. The van der Waals surface area contributed by atoms with Crippen LogP contribution in [0.5, 0.6) is 0 Å². The maximum atomic E-state index is 14.3. The predicted octanol–water partition coefficient (Wildman–Crippen LogP) is 7.35. The summed E-state index contributed by atoms with van der Waals surface area (Å²) in [5, 5.41) is 4.15. The number of halogens is 3. The number of piperidine rings is 1.